The largest absolute Gasteiger partial charge is 0.369 e. The number of nitrogens with one attached hydrogen (secondary N) is 2. The van der Waals surface area contributed by atoms with E-state index in [2.05, 4.69) is 24.9 Å². The maximum Gasteiger partial charge on any atom is 0.240 e. The molecule has 1 aromatic heterocycles. The Labute approximate surface area is 194 Å². The molecule has 0 aliphatic carbocycles. The molecule has 0 saturated carbocycles. The van der Waals surface area contributed by atoms with Crippen molar-refractivity contribution in [2.45, 2.75) is 50.3 Å². The summed E-state index contributed by atoms with van der Waals surface area (Å²) in [4.78, 5) is 25.5. The van der Waals surface area contributed by atoms with Gasteiger partial charge in [0.2, 0.25) is 15.9 Å². The molecular weight excluding hydrogens is 440 g/mol. The number of sulfonamides is 1. The molecule has 0 atom stereocenters. The van der Waals surface area contributed by atoms with Gasteiger partial charge in [0.1, 0.15) is 17.5 Å². The molecule has 1 saturated heterocycles. The minimum absolute atomic E-state index is 0.129. The zero-order chi connectivity index (χ0) is 23.0. The van der Waals surface area contributed by atoms with Gasteiger partial charge < -0.3 is 15.1 Å². The number of benzene rings is 1. The molecule has 176 valence electrons. The summed E-state index contributed by atoms with van der Waals surface area (Å²) in [6.07, 6.45) is 5.33. The van der Waals surface area contributed by atoms with E-state index in [9.17, 15) is 13.2 Å². The van der Waals surface area contributed by atoms with Crippen molar-refractivity contribution in [1.29, 1.82) is 0 Å². The molecule has 9 nitrogen and oxygen atoms in total. The summed E-state index contributed by atoms with van der Waals surface area (Å²) >= 11 is 0. The third-order valence-electron chi connectivity index (χ3n) is 6.56. The topological polar surface area (TPSA) is 108 Å². The van der Waals surface area contributed by atoms with Gasteiger partial charge in [-0.15, -0.1) is 0 Å². The maximum atomic E-state index is 12.9. The third-order valence-corrected chi connectivity index (χ3v) is 8.00. The summed E-state index contributed by atoms with van der Waals surface area (Å²) in [5.41, 5.74) is 2.82. The lowest BCUT2D eigenvalue weighted by atomic mass is 10.00. The molecule has 0 unspecified atom stereocenters. The van der Waals surface area contributed by atoms with Gasteiger partial charge in [0.15, 0.2) is 0 Å². The number of aromatic nitrogens is 2. The highest BCUT2D eigenvalue weighted by atomic mass is 32.2. The molecule has 1 aromatic carbocycles. The molecule has 2 N–H and O–H groups in total. The summed E-state index contributed by atoms with van der Waals surface area (Å²) in [5.74, 6) is 2.45. The summed E-state index contributed by atoms with van der Waals surface area (Å²) in [5, 5.41) is 3.22. The monoisotopic (exact) mass is 470 g/mol. The second-order valence-electron chi connectivity index (χ2n) is 8.92. The van der Waals surface area contributed by atoms with Crippen LogP contribution in [0.1, 0.15) is 42.6 Å². The predicted molar refractivity (Wildman–Crippen MR) is 127 cm³/mol. The number of anilines is 3. The van der Waals surface area contributed by atoms with Crippen LogP contribution in [0.25, 0.3) is 0 Å². The number of nitrogens with zero attached hydrogens (tertiary/aromatic N) is 4. The number of amides is 1. The molecule has 2 aromatic rings. The van der Waals surface area contributed by atoms with E-state index in [1.807, 2.05) is 13.0 Å². The molecule has 0 radical (unpaired) electrons. The first kappa shape index (κ1) is 22.1. The van der Waals surface area contributed by atoms with E-state index in [1.54, 1.807) is 17.0 Å². The highest BCUT2D eigenvalue weighted by molar-refractivity contribution is 7.89. The van der Waals surface area contributed by atoms with E-state index < -0.39 is 10.0 Å². The van der Waals surface area contributed by atoms with Crippen molar-refractivity contribution in [3.63, 3.8) is 0 Å². The van der Waals surface area contributed by atoms with Gasteiger partial charge in [0, 0.05) is 45.2 Å². The number of hydrogen-bond donors (Lipinski definition) is 2. The average Bonchev–Trinajstić information content (AvgIpc) is 3.25. The van der Waals surface area contributed by atoms with Crippen molar-refractivity contribution < 1.29 is 13.2 Å². The smallest absolute Gasteiger partial charge is 0.240 e. The molecule has 3 aliphatic rings. The van der Waals surface area contributed by atoms with Gasteiger partial charge in [-0.25, -0.2) is 23.1 Å². The average molecular weight is 471 g/mol. The number of hydrogen-bond acceptors (Lipinski definition) is 7. The van der Waals surface area contributed by atoms with Gasteiger partial charge in [-0.05, 0) is 62.3 Å². The van der Waals surface area contributed by atoms with Crippen molar-refractivity contribution in [2.75, 3.05) is 47.8 Å². The summed E-state index contributed by atoms with van der Waals surface area (Å²) in [6.45, 7) is 5.17. The lowest BCUT2D eigenvalue weighted by Gasteiger charge is -2.28. The van der Waals surface area contributed by atoms with E-state index in [4.69, 9.17) is 0 Å². The van der Waals surface area contributed by atoms with E-state index in [1.165, 1.54) is 19.3 Å². The number of aryl methyl sites for hydroxylation is 2. The standard InChI is InChI=1S/C23H30N6O3S/c1-16-26-20(15-21(27-16)28-10-3-2-4-11-28)24-8-9-25-33(31,32)19-13-17-5-6-22(30)29-12-7-18(14-19)23(17)29/h13-15,25H,2-12H2,1H3,(H,24,26,27). The van der Waals surface area contributed by atoms with Crippen LogP contribution in [0.4, 0.5) is 17.3 Å². The van der Waals surface area contributed by atoms with Crippen LogP contribution in [0.15, 0.2) is 23.1 Å². The zero-order valence-electron chi connectivity index (χ0n) is 18.9. The molecule has 5 rings (SSSR count). The Morgan fingerprint density at radius 2 is 1.70 bits per heavy atom. The third kappa shape index (κ3) is 4.54. The minimum Gasteiger partial charge on any atom is -0.369 e. The summed E-state index contributed by atoms with van der Waals surface area (Å²) < 4.78 is 28.6. The van der Waals surface area contributed by atoms with Gasteiger partial charge >= 0.3 is 0 Å². The Kier molecular flexibility index (Phi) is 5.96. The van der Waals surface area contributed by atoms with Crippen molar-refractivity contribution in [1.82, 2.24) is 14.7 Å². The van der Waals surface area contributed by atoms with Crippen LogP contribution in [-0.4, -0.2) is 57.0 Å². The molecule has 33 heavy (non-hydrogen) atoms. The van der Waals surface area contributed by atoms with Gasteiger partial charge in [-0.2, -0.15) is 0 Å². The Hall–Kier alpha value is -2.72. The Bertz CT molecular complexity index is 1180. The fourth-order valence-corrected chi connectivity index (χ4v) is 6.10. The van der Waals surface area contributed by atoms with Crippen LogP contribution in [0.5, 0.6) is 0 Å². The van der Waals surface area contributed by atoms with Crippen molar-refractivity contribution in [3.05, 3.63) is 35.2 Å². The molecule has 1 fully saturated rings. The quantitative estimate of drug-likeness (QED) is 0.596. The molecule has 1 amide bonds. The van der Waals surface area contributed by atoms with Crippen LogP contribution < -0.4 is 19.8 Å². The van der Waals surface area contributed by atoms with Gasteiger partial charge in [-0.1, -0.05) is 0 Å². The van der Waals surface area contributed by atoms with Crippen LogP contribution in [0.3, 0.4) is 0 Å². The van der Waals surface area contributed by atoms with Crippen molar-refractivity contribution >= 4 is 33.3 Å². The summed E-state index contributed by atoms with van der Waals surface area (Å²) in [7, 11) is -3.64. The lowest BCUT2D eigenvalue weighted by molar-refractivity contribution is -0.118. The van der Waals surface area contributed by atoms with E-state index >= 15 is 0 Å². The second kappa shape index (κ2) is 8.90. The number of carbonyl (C=O) groups excluding carboxylic acids is 1. The van der Waals surface area contributed by atoms with Crippen LogP contribution >= 0.6 is 0 Å². The highest BCUT2D eigenvalue weighted by Crippen LogP contribution is 2.38. The first-order valence-corrected chi connectivity index (χ1v) is 13.2. The minimum atomic E-state index is -3.64. The second-order valence-corrected chi connectivity index (χ2v) is 10.7. The zero-order valence-corrected chi connectivity index (χ0v) is 19.7. The Morgan fingerprint density at radius 3 is 2.48 bits per heavy atom. The van der Waals surface area contributed by atoms with Gasteiger partial charge in [-0.3, -0.25) is 4.79 Å². The van der Waals surface area contributed by atoms with E-state index in [-0.39, 0.29) is 17.3 Å². The normalized spacial score (nSPS) is 17.9. The molecule has 0 bridgehead atoms. The number of rotatable bonds is 7. The molecular formula is C23H30N6O3S. The Balaban J connectivity index is 1.22. The van der Waals surface area contributed by atoms with Crippen LogP contribution in [-0.2, 0) is 27.7 Å². The van der Waals surface area contributed by atoms with E-state index in [0.717, 1.165) is 35.7 Å². The predicted octanol–water partition coefficient (Wildman–Crippen LogP) is 2.00. The first-order valence-electron chi connectivity index (χ1n) is 11.7. The van der Waals surface area contributed by atoms with Crippen LogP contribution in [0, 0.1) is 6.92 Å². The van der Waals surface area contributed by atoms with Crippen molar-refractivity contribution in [2.24, 2.45) is 0 Å². The molecule has 3 aliphatic heterocycles. The van der Waals surface area contributed by atoms with Gasteiger partial charge in [0.05, 0.1) is 10.6 Å². The lowest BCUT2D eigenvalue weighted by Crippen LogP contribution is -2.33. The maximum absolute atomic E-state index is 12.9. The highest BCUT2D eigenvalue weighted by Gasteiger charge is 2.32. The fraction of sp³-hybridized carbons (Fsp3) is 0.522. The fourth-order valence-electron chi connectivity index (χ4n) is 4.97. The molecule has 4 heterocycles. The molecule has 0 spiro atoms. The first-order chi connectivity index (χ1) is 15.9. The summed E-state index contributed by atoms with van der Waals surface area (Å²) in [6, 6.07) is 5.37. The van der Waals surface area contributed by atoms with Gasteiger partial charge in [0.25, 0.3) is 0 Å². The number of carbonyl (C=O) groups is 1. The Morgan fingerprint density at radius 1 is 0.939 bits per heavy atom. The number of piperidine rings is 1. The van der Waals surface area contributed by atoms with Crippen LogP contribution in [0.2, 0.25) is 0 Å². The SMILES string of the molecule is Cc1nc(NCCNS(=O)(=O)c2cc3c4c(c2)CCN4C(=O)CC3)cc(N2CCCCC2)n1. The van der Waals surface area contributed by atoms with E-state index in [0.29, 0.717) is 44.0 Å². The molecule has 10 heteroatoms. The van der Waals surface area contributed by atoms with Crippen molar-refractivity contribution in [3.8, 4) is 0 Å².